The normalized spacial score (nSPS) is 15.3. The van der Waals surface area contributed by atoms with Crippen LogP contribution in [0.15, 0.2) is 12.2 Å². The molecule has 0 radical (unpaired) electrons. The van der Waals surface area contributed by atoms with Gasteiger partial charge in [0.15, 0.2) is 5.78 Å². The molecular weight excluding hydrogens is 417 g/mol. The first kappa shape index (κ1) is 31.9. The highest BCUT2D eigenvalue weighted by Crippen LogP contribution is 2.51. The van der Waals surface area contributed by atoms with E-state index < -0.39 is 7.60 Å². The van der Waals surface area contributed by atoms with Crippen molar-refractivity contribution in [3.05, 3.63) is 12.2 Å². The lowest BCUT2D eigenvalue weighted by molar-refractivity contribution is -0.883. The monoisotopic (exact) mass is 474 g/mol. The standard InChI is InChI=1S/C27H56NO3P/c1-6-8-9-10-11-12-13-14-15-16-17-18-19-20-21-22-23-24-26-31-32(29,30)27(25-7-2)28(3,4)5/h14-15,27H,6-13,16-26H2,1-5H3/p+1/b15-14-. The fourth-order valence-electron chi connectivity index (χ4n) is 4.23. The van der Waals surface area contributed by atoms with E-state index in [-0.39, 0.29) is 5.78 Å². The van der Waals surface area contributed by atoms with Crippen molar-refractivity contribution in [2.45, 2.75) is 135 Å². The van der Waals surface area contributed by atoms with Crippen LogP contribution in [0.5, 0.6) is 0 Å². The smallest absolute Gasteiger partial charge is 0.320 e. The number of allylic oxidation sites excluding steroid dienone is 2. The molecule has 0 spiro atoms. The summed E-state index contributed by atoms with van der Waals surface area (Å²) in [6, 6.07) is 0. The number of nitrogens with zero attached hydrogens (tertiary/aromatic N) is 1. The van der Waals surface area contributed by atoms with Crippen molar-refractivity contribution in [2.24, 2.45) is 0 Å². The van der Waals surface area contributed by atoms with Gasteiger partial charge < -0.3 is 13.9 Å². The molecule has 0 bridgehead atoms. The SMILES string of the molecule is CCCCCCCC/C=C\CCCCCCCCCCOP(=O)(O)C(CCC)[N+](C)(C)C. The Bertz CT molecular complexity index is 488. The summed E-state index contributed by atoms with van der Waals surface area (Å²) in [5.41, 5.74) is 0. The van der Waals surface area contributed by atoms with E-state index in [2.05, 4.69) is 26.0 Å². The Kier molecular flexibility index (Phi) is 20.1. The highest BCUT2D eigenvalue weighted by Gasteiger charge is 2.41. The van der Waals surface area contributed by atoms with E-state index in [1.165, 1.54) is 89.9 Å². The highest BCUT2D eigenvalue weighted by atomic mass is 31.2. The second-order valence-corrected chi connectivity index (χ2v) is 12.4. The quantitative estimate of drug-likeness (QED) is 0.0696. The third kappa shape index (κ3) is 18.3. The molecule has 0 aliphatic rings. The maximum Gasteiger partial charge on any atom is 0.385 e. The van der Waals surface area contributed by atoms with Crippen LogP contribution in [0.4, 0.5) is 0 Å². The van der Waals surface area contributed by atoms with Crippen LogP contribution in [-0.4, -0.2) is 42.9 Å². The lowest BCUT2D eigenvalue weighted by atomic mass is 10.1. The molecule has 1 N–H and O–H groups in total. The maximum atomic E-state index is 12.6. The van der Waals surface area contributed by atoms with Crippen molar-refractivity contribution in [2.75, 3.05) is 27.7 Å². The van der Waals surface area contributed by atoms with E-state index >= 15 is 0 Å². The molecule has 5 heteroatoms. The molecule has 0 rings (SSSR count). The molecule has 2 unspecified atom stereocenters. The van der Waals surface area contributed by atoms with Crippen LogP contribution in [0, 0.1) is 0 Å². The van der Waals surface area contributed by atoms with Crippen LogP contribution in [0.3, 0.4) is 0 Å². The average molecular weight is 475 g/mol. The van der Waals surface area contributed by atoms with E-state index in [0.29, 0.717) is 17.5 Å². The van der Waals surface area contributed by atoms with E-state index in [1.807, 2.05) is 21.1 Å². The molecule has 192 valence electrons. The molecule has 0 aromatic heterocycles. The van der Waals surface area contributed by atoms with Gasteiger partial charge in [-0.25, -0.2) is 0 Å². The fourth-order valence-corrected chi connectivity index (χ4v) is 6.25. The van der Waals surface area contributed by atoms with E-state index in [4.69, 9.17) is 4.52 Å². The number of hydrogen-bond donors (Lipinski definition) is 1. The Hall–Kier alpha value is -0.150. The minimum Gasteiger partial charge on any atom is -0.320 e. The molecule has 0 amide bonds. The van der Waals surface area contributed by atoms with Gasteiger partial charge in [-0.3, -0.25) is 4.57 Å². The van der Waals surface area contributed by atoms with Gasteiger partial charge in [0.05, 0.1) is 27.7 Å². The predicted octanol–water partition coefficient (Wildman–Crippen LogP) is 8.84. The van der Waals surface area contributed by atoms with Gasteiger partial charge in [0, 0.05) is 6.42 Å². The Labute approximate surface area is 201 Å². The summed E-state index contributed by atoms with van der Waals surface area (Å²) >= 11 is 0. The molecule has 0 aromatic carbocycles. The van der Waals surface area contributed by atoms with Gasteiger partial charge in [-0.2, -0.15) is 0 Å². The molecule has 32 heavy (non-hydrogen) atoms. The average Bonchev–Trinajstić information content (AvgIpc) is 2.72. The van der Waals surface area contributed by atoms with Gasteiger partial charge in [-0.15, -0.1) is 0 Å². The van der Waals surface area contributed by atoms with Crippen LogP contribution in [0.25, 0.3) is 0 Å². The van der Waals surface area contributed by atoms with Crippen molar-refractivity contribution in [1.29, 1.82) is 0 Å². The summed E-state index contributed by atoms with van der Waals surface area (Å²) in [4.78, 5) is 10.4. The van der Waals surface area contributed by atoms with Gasteiger partial charge in [0.25, 0.3) is 0 Å². The Balaban J connectivity index is 3.54. The Morgan fingerprint density at radius 3 is 1.59 bits per heavy atom. The lowest BCUT2D eigenvalue weighted by Gasteiger charge is -2.35. The lowest BCUT2D eigenvalue weighted by Crippen LogP contribution is -2.45. The van der Waals surface area contributed by atoms with Crippen molar-refractivity contribution in [3.8, 4) is 0 Å². The van der Waals surface area contributed by atoms with Crippen molar-refractivity contribution < 1.29 is 18.5 Å². The number of quaternary nitrogens is 1. The summed E-state index contributed by atoms with van der Waals surface area (Å²) in [5.74, 6) is -0.335. The molecule has 0 aliphatic carbocycles. The van der Waals surface area contributed by atoms with Crippen LogP contribution < -0.4 is 0 Å². The largest absolute Gasteiger partial charge is 0.385 e. The van der Waals surface area contributed by atoms with Gasteiger partial charge in [0.2, 0.25) is 0 Å². The number of rotatable bonds is 23. The Morgan fingerprint density at radius 2 is 1.16 bits per heavy atom. The Morgan fingerprint density at radius 1 is 0.719 bits per heavy atom. The first-order chi connectivity index (χ1) is 15.3. The summed E-state index contributed by atoms with van der Waals surface area (Å²) in [6.07, 6.45) is 26.9. The van der Waals surface area contributed by atoms with E-state index in [0.717, 1.165) is 19.3 Å². The second kappa shape index (κ2) is 20.2. The molecule has 0 aromatic rings. The molecule has 0 saturated heterocycles. The molecule has 4 nitrogen and oxygen atoms in total. The maximum absolute atomic E-state index is 12.6. The van der Waals surface area contributed by atoms with Crippen molar-refractivity contribution >= 4 is 7.60 Å². The molecule has 0 heterocycles. The molecule has 0 aliphatic heterocycles. The van der Waals surface area contributed by atoms with Gasteiger partial charge >= 0.3 is 7.60 Å². The van der Waals surface area contributed by atoms with Gasteiger partial charge in [-0.1, -0.05) is 96.6 Å². The topological polar surface area (TPSA) is 46.5 Å². The van der Waals surface area contributed by atoms with Crippen molar-refractivity contribution in [3.63, 3.8) is 0 Å². The second-order valence-electron chi connectivity index (χ2n) is 10.4. The number of unbranched alkanes of at least 4 members (excludes halogenated alkanes) is 14. The molecule has 0 fully saturated rings. The van der Waals surface area contributed by atoms with Crippen LogP contribution >= 0.6 is 7.60 Å². The molecule has 2 atom stereocenters. The van der Waals surface area contributed by atoms with Gasteiger partial charge in [0.1, 0.15) is 0 Å². The minimum atomic E-state index is -3.57. The van der Waals surface area contributed by atoms with Crippen LogP contribution in [0.1, 0.15) is 129 Å². The third-order valence-electron chi connectivity index (χ3n) is 6.25. The zero-order valence-electron chi connectivity index (χ0n) is 22.3. The number of hydrogen-bond acceptors (Lipinski definition) is 2. The summed E-state index contributed by atoms with van der Waals surface area (Å²) < 4.78 is 18.6. The summed E-state index contributed by atoms with van der Waals surface area (Å²) in [7, 11) is 2.35. The predicted molar refractivity (Wildman–Crippen MR) is 141 cm³/mol. The molecule has 0 saturated carbocycles. The van der Waals surface area contributed by atoms with Crippen LogP contribution in [-0.2, 0) is 9.09 Å². The first-order valence-corrected chi connectivity index (χ1v) is 15.3. The summed E-state index contributed by atoms with van der Waals surface area (Å²) in [6.45, 7) is 4.73. The van der Waals surface area contributed by atoms with E-state index in [1.54, 1.807) is 0 Å². The first-order valence-electron chi connectivity index (χ1n) is 13.7. The zero-order chi connectivity index (χ0) is 24.1. The van der Waals surface area contributed by atoms with E-state index in [9.17, 15) is 9.46 Å². The van der Waals surface area contributed by atoms with Crippen molar-refractivity contribution in [1.82, 2.24) is 0 Å². The highest BCUT2D eigenvalue weighted by molar-refractivity contribution is 7.53. The zero-order valence-corrected chi connectivity index (χ0v) is 23.2. The van der Waals surface area contributed by atoms with Crippen LogP contribution in [0.2, 0.25) is 0 Å². The minimum absolute atomic E-state index is 0.335. The van der Waals surface area contributed by atoms with Gasteiger partial charge in [-0.05, 0) is 38.5 Å². The fraction of sp³-hybridized carbons (Fsp3) is 0.926. The summed E-state index contributed by atoms with van der Waals surface area (Å²) in [5, 5.41) is 0. The molecular formula is C27H57NO3P+. The third-order valence-corrected chi connectivity index (χ3v) is 8.51.